The molecule has 2 N–H and O–H groups in total. The Balaban J connectivity index is 3.08. The van der Waals surface area contributed by atoms with Crippen molar-refractivity contribution in [3.8, 4) is 0 Å². The van der Waals surface area contributed by atoms with Crippen LogP contribution in [0.1, 0.15) is 25.0 Å². The molecule has 0 aliphatic carbocycles. The second kappa shape index (κ2) is 5.99. The summed E-state index contributed by atoms with van der Waals surface area (Å²) < 4.78 is 38.3. The van der Waals surface area contributed by atoms with Gasteiger partial charge in [0.15, 0.2) is 0 Å². The Morgan fingerprint density at radius 1 is 1.14 bits per heavy atom. The zero-order valence-electron chi connectivity index (χ0n) is 11.6. The van der Waals surface area contributed by atoms with Gasteiger partial charge in [0.1, 0.15) is 0 Å². The molecule has 0 heterocycles. The van der Waals surface area contributed by atoms with E-state index in [1.807, 2.05) is 0 Å². The Kier molecular flexibility index (Phi) is 4.77. The van der Waals surface area contributed by atoms with Gasteiger partial charge in [0.05, 0.1) is 5.56 Å². The van der Waals surface area contributed by atoms with E-state index in [-0.39, 0.29) is 22.4 Å². The lowest BCUT2D eigenvalue weighted by Gasteiger charge is -2.13. The summed E-state index contributed by atoms with van der Waals surface area (Å²) in [5, 5.41) is 11.0. The molecule has 0 bridgehead atoms. The maximum atomic E-state index is 12.8. The lowest BCUT2D eigenvalue weighted by Crippen LogP contribution is -2.17. The maximum Gasteiger partial charge on any atom is 0.416 e. The van der Waals surface area contributed by atoms with Crippen LogP contribution in [0.4, 0.5) is 18.9 Å². The lowest BCUT2D eigenvalue weighted by atomic mass is 10.1. The average Bonchev–Trinajstić information content (AvgIpc) is 2.37. The molecule has 0 unspecified atom stereocenters. The minimum Gasteiger partial charge on any atom is -0.478 e. The van der Waals surface area contributed by atoms with Crippen molar-refractivity contribution in [1.82, 2.24) is 0 Å². The van der Waals surface area contributed by atoms with Crippen LogP contribution in [0.5, 0.6) is 0 Å². The van der Waals surface area contributed by atoms with Crippen LogP contribution in [-0.4, -0.2) is 17.0 Å². The van der Waals surface area contributed by atoms with Crippen molar-refractivity contribution in [2.45, 2.75) is 26.9 Å². The topological polar surface area (TPSA) is 66.4 Å². The second-order valence-electron chi connectivity index (χ2n) is 4.54. The van der Waals surface area contributed by atoms with Gasteiger partial charge in [-0.15, -0.1) is 0 Å². The van der Waals surface area contributed by atoms with E-state index < -0.39 is 23.6 Å². The van der Waals surface area contributed by atoms with Crippen molar-refractivity contribution in [3.63, 3.8) is 0 Å². The molecule has 0 aliphatic heterocycles. The molecule has 0 aliphatic rings. The standard InChI is InChI=1S/C14H14F3NO3/c1-7-4-5-10(6-11(7)14(15,16)17)18-12(19)8(2)9(3)13(20)21/h4-6H,1-3H3,(H,18,19)(H,20,21). The zero-order chi connectivity index (χ0) is 16.4. The van der Waals surface area contributed by atoms with Gasteiger partial charge in [0.25, 0.3) is 5.91 Å². The Bertz CT molecular complexity index is 618. The van der Waals surface area contributed by atoms with E-state index in [0.717, 1.165) is 6.07 Å². The number of alkyl halides is 3. The molecule has 0 saturated heterocycles. The largest absolute Gasteiger partial charge is 0.478 e. The van der Waals surface area contributed by atoms with Gasteiger partial charge in [0.2, 0.25) is 0 Å². The number of nitrogens with one attached hydrogen (secondary N) is 1. The predicted octanol–water partition coefficient (Wildman–Crippen LogP) is 3.37. The van der Waals surface area contributed by atoms with Crippen molar-refractivity contribution < 1.29 is 27.9 Å². The number of carbonyl (C=O) groups excluding carboxylic acids is 1. The Morgan fingerprint density at radius 3 is 2.19 bits per heavy atom. The quantitative estimate of drug-likeness (QED) is 0.841. The Labute approximate surface area is 119 Å². The van der Waals surface area contributed by atoms with Crippen molar-refractivity contribution in [1.29, 1.82) is 0 Å². The van der Waals surface area contributed by atoms with E-state index >= 15 is 0 Å². The molecular formula is C14H14F3NO3. The van der Waals surface area contributed by atoms with Gasteiger partial charge in [-0.1, -0.05) is 6.07 Å². The monoisotopic (exact) mass is 301 g/mol. The first-order chi connectivity index (χ1) is 9.54. The van der Waals surface area contributed by atoms with Gasteiger partial charge in [-0.25, -0.2) is 4.79 Å². The molecule has 0 fully saturated rings. The highest BCUT2D eigenvalue weighted by Gasteiger charge is 2.32. The molecule has 0 aromatic heterocycles. The minimum atomic E-state index is -4.52. The fourth-order valence-corrected chi connectivity index (χ4v) is 1.56. The summed E-state index contributed by atoms with van der Waals surface area (Å²) in [5.41, 5.74) is -1.10. The highest BCUT2D eigenvalue weighted by molar-refractivity contribution is 6.08. The summed E-state index contributed by atoms with van der Waals surface area (Å²) in [6.45, 7) is 3.85. The van der Waals surface area contributed by atoms with Crippen LogP contribution in [0.25, 0.3) is 0 Å². The number of aryl methyl sites for hydroxylation is 1. The number of carboxylic acid groups (broad SMARTS) is 1. The zero-order valence-corrected chi connectivity index (χ0v) is 11.6. The first-order valence-corrected chi connectivity index (χ1v) is 5.94. The van der Waals surface area contributed by atoms with Gasteiger partial charge >= 0.3 is 12.1 Å². The number of hydrogen-bond acceptors (Lipinski definition) is 2. The van der Waals surface area contributed by atoms with Crippen molar-refractivity contribution >= 4 is 17.6 Å². The van der Waals surface area contributed by atoms with Crippen LogP contribution in [0, 0.1) is 6.92 Å². The number of amides is 1. The summed E-state index contributed by atoms with van der Waals surface area (Å²) in [7, 11) is 0. The fraction of sp³-hybridized carbons (Fsp3) is 0.286. The van der Waals surface area contributed by atoms with Crippen LogP contribution >= 0.6 is 0 Å². The first-order valence-electron chi connectivity index (χ1n) is 5.94. The van der Waals surface area contributed by atoms with Crippen LogP contribution in [0.3, 0.4) is 0 Å². The maximum absolute atomic E-state index is 12.8. The molecule has 0 radical (unpaired) electrons. The van der Waals surface area contributed by atoms with E-state index in [1.54, 1.807) is 0 Å². The molecule has 1 aromatic rings. The molecular weight excluding hydrogens is 287 g/mol. The third-order valence-corrected chi connectivity index (χ3v) is 3.02. The van der Waals surface area contributed by atoms with Gasteiger partial charge in [-0.2, -0.15) is 13.2 Å². The highest BCUT2D eigenvalue weighted by atomic mass is 19.4. The Morgan fingerprint density at radius 2 is 1.71 bits per heavy atom. The average molecular weight is 301 g/mol. The number of carboxylic acids is 1. The van der Waals surface area contributed by atoms with Crippen LogP contribution in [-0.2, 0) is 15.8 Å². The third-order valence-electron chi connectivity index (χ3n) is 3.02. The van der Waals surface area contributed by atoms with Crippen LogP contribution < -0.4 is 5.32 Å². The molecule has 0 saturated carbocycles. The molecule has 0 atom stereocenters. The fourth-order valence-electron chi connectivity index (χ4n) is 1.56. The number of anilines is 1. The van der Waals surface area contributed by atoms with Gasteiger partial charge in [-0.3, -0.25) is 4.79 Å². The van der Waals surface area contributed by atoms with Gasteiger partial charge < -0.3 is 10.4 Å². The van der Waals surface area contributed by atoms with Gasteiger partial charge in [-0.05, 0) is 38.5 Å². The number of benzene rings is 1. The van der Waals surface area contributed by atoms with E-state index in [9.17, 15) is 22.8 Å². The van der Waals surface area contributed by atoms with Crippen molar-refractivity contribution in [3.05, 3.63) is 40.5 Å². The normalized spacial score (nSPS) is 12.7. The lowest BCUT2D eigenvalue weighted by molar-refractivity contribution is -0.138. The summed E-state index contributed by atoms with van der Waals surface area (Å²) in [5.74, 6) is -2.02. The SMILES string of the molecule is CC(C(=O)O)=C(C)C(=O)Nc1ccc(C)c(C(F)(F)F)c1. The van der Waals surface area contributed by atoms with E-state index in [2.05, 4.69) is 5.32 Å². The van der Waals surface area contributed by atoms with Crippen LogP contribution in [0.2, 0.25) is 0 Å². The number of halogens is 3. The van der Waals surface area contributed by atoms with Gasteiger partial charge in [0, 0.05) is 16.8 Å². The summed E-state index contributed by atoms with van der Waals surface area (Å²) in [6.07, 6.45) is -4.52. The highest BCUT2D eigenvalue weighted by Crippen LogP contribution is 2.33. The molecule has 7 heteroatoms. The van der Waals surface area contributed by atoms with E-state index in [1.165, 1.54) is 32.9 Å². The minimum absolute atomic E-state index is 0.0366. The molecule has 4 nitrogen and oxygen atoms in total. The molecule has 1 aromatic carbocycles. The summed E-state index contributed by atoms with van der Waals surface area (Å²) in [6, 6.07) is 3.38. The number of hydrogen-bond donors (Lipinski definition) is 2. The number of rotatable bonds is 3. The Hall–Kier alpha value is -2.31. The molecule has 114 valence electrons. The molecule has 1 rings (SSSR count). The second-order valence-corrected chi connectivity index (χ2v) is 4.54. The summed E-state index contributed by atoms with van der Waals surface area (Å²) in [4.78, 5) is 22.5. The molecule has 0 spiro atoms. The van der Waals surface area contributed by atoms with E-state index in [0.29, 0.717) is 0 Å². The van der Waals surface area contributed by atoms with E-state index in [4.69, 9.17) is 5.11 Å². The van der Waals surface area contributed by atoms with Crippen molar-refractivity contribution in [2.75, 3.05) is 5.32 Å². The van der Waals surface area contributed by atoms with Crippen LogP contribution in [0.15, 0.2) is 29.3 Å². The van der Waals surface area contributed by atoms with Crippen molar-refractivity contribution in [2.24, 2.45) is 0 Å². The number of carbonyl (C=O) groups is 2. The molecule has 1 amide bonds. The first kappa shape index (κ1) is 16.7. The summed E-state index contributed by atoms with van der Waals surface area (Å²) >= 11 is 0. The predicted molar refractivity (Wildman–Crippen MR) is 70.8 cm³/mol. The smallest absolute Gasteiger partial charge is 0.416 e. The molecule has 21 heavy (non-hydrogen) atoms. The number of aliphatic carboxylic acids is 1. The third kappa shape index (κ3) is 4.08.